The lowest BCUT2D eigenvalue weighted by molar-refractivity contribution is -0.129. The first kappa shape index (κ1) is 28.2. The monoisotopic (exact) mass is 573 g/mol. The van der Waals surface area contributed by atoms with Gasteiger partial charge in [0.1, 0.15) is 16.5 Å². The van der Waals surface area contributed by atoms with E-state index in [1.807, 2.05) is 6.07 Å². The second kappa shape index (κ2) is 11.9. The number of aromatic nitrogens is 3. The van der Waals surface area contributed by atoms with Gasteiger partial charge in [-0.1, -0.05) is 23.5 Å². The van der Waals surface area contributed by atoms with Crippen LogP contribution >= 0.6 is 11.3 Å². The largest absolute Gasteiger partial charge is 0.462 e. The van der Waals surface area contributed by atoms with Gasteiger partial charge in [0.25, 0.3) is 0 Å². The molecule has 1 aliphatic heterocycles. The van der Waals surface area contributed by atoms with Gasteiger partial charge in [-0.2, -0.15) is 9.97 Å². The molecule has 0 radical (unpaired) electrons. The second-order valence-electron chi connectivity index (χ2n) is 8.98. The first-order valence-corrected chi connectivity index (χ1v) is 15.1. The Hall–Kier alpha value is -3.78. The van der Waals surface area contributed by atoms with Crippen molar-refractivity contribution in [2.24, 2.45) is 0 Å². The van der Waals surface area contributed by atoms with Crippen molar-refractivity contribution in [3.8, 4) is 0 Å². The molecule has 0 atom stereocenters. The normalized spacial score (nSPS) is 13.7. The fourth-order valence-corrected chi connectivity index (χ4v) is 5.46. The van der Waals surface area contributed by atoms with Crippen LogP contribution in [0.15, 0.2) is 35.2 Å². The van der Waals surface area contributed by atoms with E-state index in [1.165, 1.54) is 6.26 Å². The number of ether oxygens (including phenoxy) is 1. The number of sulfone groups is 1. The number of rotatable bonds is 9. The SMILES string of the molecule is CCOC(=O)c1sc(Nc2nc(NCc3ccc(S(C)(=O)=O)cc3)cc(N3CCN(C(C)=O)CC3)n2)nc1C. The first-order chi connectivity index (χ1) is 18.5. The zero-order chi connectivity index (χ0) is 28.2. The maximum Gasteiger partial charge on any atom is 0.350 e. The lowest BCUT2D eigenvalue weighted by atomic mass is 10.2. The standard InChI is InChI=1S/C25H31N7O5S2/c1-5-37-23(34)22-16(2)27-25(38-22)30-24-28-20(26-15-18-6-8-19(9-7-18)39(4,35)36)14-21(29-24)32-12-10-31(11-13-32)17(3)33/h6-9,14H,5,10-13,15H2,1-4H3,(H2,26,27,28,29,30). The van der Waals surface area contributed by atoms with Crippen molar-refractivity contribution in [2.45, 2.75) is 32.2 Å². The van der Waals surface area contributed by atoms with E-state index in [0.717, 1.165) is 16.9 Å². The minimum atomic E-state index is -3.27. The molecule has 1 saturated heterocycles. The van der Waals surface area contributed by atoms with Crippen LogP contribution in [0, 0.1) is 6.92 Å². The highest BCUT2D eigenvalue weighted by molar-refractivity contribution is 7.90. The number of nitrogens with one attached hydrogen (secondary N) is 2. The quantitative estimate of drug-likeness (QED) is 0.364. The van der Waals surface area contributed by atoms with Crippen LogP contribution < -0.4 is 15.5 Å². The van der Waals surface area contributed by atoms with E-state index in [4.69, 9.17) is 4.74 Å². The number of hydrogen-bond acceptors (Lipinski definition) is 12. The fourth-order valence-electron chi connectivity index (χ4n) is 3.97. The molecule has 0 aliphatic carbocycles. The predicted octanol–water partition coefficient (Wildman–Crippen LogP) is 2.85. The Morgan fingerprint density at radius 1 is 1.08 bits per heavy atom. The summed E-state index contributed by atoms with van der Waals surface area (Å²) in [5.74, 6) is 1.12. The summed E-state index contributed by atoms with van der Waals surface area (Å²) in [7, 11) is -3.27. The van der Waals surface area contributed by atoms with Gasteiger partial charge in [-0.3, -0.25) is 10.1 Å². The molecule has 0 unspecified atom stereocenters. The number of nitrogens with zero attached hydrogens (tertiary/aromatic N) is 5. The summed E-state index contributed by atoms with van der Waals surface area (Å²) in [4.78, 5) is 42.2. The number of carbonyl (C=O) groups is 2. The van der Waals surface area contributed by atoms with Crippen LogP contribution in [0.5, 0.6) is 0 Å². The molecule has 1 aromatic carbocycles. The Labute approximate surface area is 231 Å². The highest BCUT2D eigenvalue weighted by atomic mass is 32.2. The number of benzene rings is 1. The molecule has 208 valence electrons. The number of aryl methyl sites for hydroxylation is 1. The summed E-state index contributed by atoms with van der Waals surface area (Å²) in [5.41, 5.74) is 1.43. The summed E-state index contributed by atoms with van der Waals surface area (Å²) >= 11 is 1.16. The molecule has 0 bridgehead atoms. The van der Waals surface area contributed by atoms with E-state index in [2.05, 4.69) is 30.5 Å². The third kappa shape index (κ3) is 7.20. The van der Waals surface area contributed by atoms with Gasteiger partial charge in [0, 0.05) is 52.0 Å². The van der Waals surface area contributed by atoms with E-state index in [-0.39, 0.29) is 17.4 Å². The highest BCUT2D eigenvalue weighted by Crippen LogP contribution is 2.27. The summed E-state index contributed by atoms with van der Waals surface area (Å²) < 4.78 is 28.6. The van der Waals surface area contributed by atoms with Crippen LogP contribution in [-0.4, -0.2) is 79.2 Å². The number of hydrogen-bond donors (Lipinski definition) is 2. The molecular formula is C25H31N7O5S2. The van der Waals surface area contributed by atoms with Gasteiger partial charge in [-0.25, -0.2) is 18.2 Å². The first-order valence-electron chi connectivity index (χ1n) is 12.4. The number of thiazole rings is 1. The van der Waals surface area contributed by atoms with Gasteiger partial charge >= 0.3 is 5.97 Å². The third-order valence-corrected chi connectivity index (χ3v) is 8.24. The summed E-state index contributed by atoms with van der Waals surface area (Å²) in [5, 5.41) is 6.85. The molecule has 4 rings (SSSR count). The number of amides is 1. The smallest absolute Gasteiger partial charge is 0.350 e. The maximum atomic E-state index is 12.2. The molecule has 3 aromatic rings. The van der Waals surface area contributed by atoms with Gasteiger partial charge in [0.05, 0.1) is 17.2 Å². The lowest BCUT2D eigenvalue weighted by Crippen LogP contribution is -2.48. The average Bonchev–Trinajstić information content (AvgIpc) is 3.27. The zero-order valence-corrected chi connectivity index (χ0v) is 23.9. The lowest BCUT2D eigenvalue weighted by Gasteiger charge is -2.35. The average molecular weight is 574 g/mol. The molecule has 2 aromatic heterocycles. The minimum absolute atomic E-state index is 0.0421. The Balaban J connectivity index is 1.57. The zero-order valence-electron chi connectivity index (χ0n) is 22.2. The summed E-state index contributed by atoms with van der Waals surface area (Å²) in [6, 6.07) is 8.48. The van der Waals surface area contributed by atoms with Crippen molar-refractivity contribution in [3.05, 3.63) is 46.5 Å². The van der Waals surface area contributed by atoms with Gasteiger partial charge in [-0.15, -0.1) is 0 Å². The summed E-state index contributed by atoms with van der Waals surface area (Å²) in [6.45, 7) is 8.14. The molecule has 0 spiro atoms. The Morgan fingerprint density at radius 2 is 1.77 bits per heavy atom. The molecule has 12 nitrogen and oxygen atoms in total. The van der Waals surface area contributed by atoms with Crippen molar-refractivity contribution in [3.63, 3.8) is 0 Å². The van der Waals surface area contributed by atoms with Crippen molar-refractivity contribution in [1.82, 2.24) is 19.9 Å². The molecule has 1 amide bonds. The second-order valence-corrected chi connectivity index (χ2v) is 12.0. The third-order valence-electron chi connectivity index (χ3n) is 6.06. The van der Waals surface area contributed by atoms with Gasteiger partial charge in [-0.05, 0) is 31.5 Å². The minimum Gasteiger partial charge on any atom is -0.462 e. The van der Waals surface area contributed by atoms with Crippen LogP contribution in [0.25, 0.3) is 0 Å². The van der Waals surface area contributed by atoms with E-state index in [9.17, 15) is 18.0 Å². The number of piperazine rings is 1. The van der Waals surface area contributed by atoms with Gasteiger partial charge in [0.2, 0.25) is 11.9 Å². The molecule has 0 saturated carbocycles. The number of esters is 1. The van der Waals surface area contributed by atoms with Gasteiger partial charge < -0.3 is 19.9 Å². The number of carbonyl (C=O) groups excluding carboxylic acids is 2. The molecule has 3 heterocycles. The van der Waals surface area contributed by atoms with Crippen molar-refractivity contribution in [1.29, 1.82) is 0 Å². The van der Waals surface area contributed by atoms with Crippen molar-refractivity contribution < 1.29 is 22.7 Å². The van der Waals surface area contributed by atoms with E-state index in [1.54, 1.807) is 49.9 Å². The van der Waals surface area contributed by atoms with Crippen LogP contribution in [0.2, 0.25) is 0 Å². The molecule has 1 fully saturated rings. The van der Waals surface area contributed by atoms with E-state index in [0.29, 0.717) is 66.0 Å². The molecule has 1 aliphatic rings. The van der Waals surface area contributed by atoms with E-state index >= 15 is 0 Å². The molecule has 14 heteroatoms. The fraction of sp³-hybridized carbons (Fsp3) is 0.400. The van der Waals surface area contributed by atoms with Crippen LogP contribution in [-0.2, 0) is 25.9 Å². The topological polar surface area (TPSA) is 147 Å². The Morgan fingerprint density at radius 3 is 2.38 bits per heavy atom. The molecule has 2 N–H and O–H groups in total. The molecular weight excluding hydrogens is 542 g/mol. The van der Waals surface area contributed by atoms with Gasteiger partial charge in [0.15, 0.2) is 15.0 Å². The maximum absolute atomic E-state index is 12.2. The highest BCUT2D eigenvalue weighted by Gasteiger charge is 2.22. The van der Waals surface area contributed by atoms with Crippen LogP contribution in [0.1, 0.15) is 34.8 Å². The molecule has 39 heavy (non-hydrogen) atoms. The Kier molecular flexibility index (Phi) is 8.65. The van der Waals surface area contributed by atoms with Crippen molar-refractivity contribution >= 4 is 55.8 Å². The Bertz CT molecular complexity index is 1450. The number of anilines is 4. The summed E-state index contributed by atoms with van der Waals surface area (Å²) in [6.07, 6.45) is 1.17. The predicted molar refractivity (Wildman–Crippen MR) is 149 cm³/mol. The van der Waals surface area contributed by atoms with Crippen molar-refractivity contribution in [2.75, 3.05) is 54.6 Å². The van der Waals surface area contributed by atoms with Crippen LogP contribution in [0.4, 0.5) is 22.7 Å². The van der Waals surface area contributed by atoms with Crippen LogP contribution in [0.3, 0.4) is 0 Å². The van der Waals surface area contributed by atoms with E-state index < -0.39 is 15.8 Å².